The lowest BCUT2D eigenvalue weighted by atomic mass is 10.2. The Morgan fingerprint density at radius 1 is 1.71 bits per heavy atom. The molecular weight excluding hydrogens is 240 g/mol. The van der Waals surface area contributed by atoms with Crippen LogP contribution < -0.4 is 5.73 Å². The van der Waals surface area contributed by atoms with Gasteiger partial charge in [-0.3, -0.25) is 0 Å². The minimum atomic E-state index is -1.00. The van der Waals surface area contributed by atoms with Crippen LogP contribution in [0.4, 0.5) is 5.69 Å². The Labute approximate surface area is 103 Å². The smallest absolute Gasteiger partial charge is 0.338 e. The van der Waals surface area contributed by atoms with E-state index in [4.69, 9.17) is 15.6 Å². The number of rotatable bonds is 3. The first-order valence-electron chi connectivity index (χ1n) is 5.35. The molecule has 1 aliphatic heterocycles. The normalized spacial score (nSPS) is 23.8. The number of aromatic nitrogens is 1. The van der Waals surface area contributed by atoms with Crippen LogP contribution >= 0.6 is 11.8 Å². The van der Waals surface area contributed by atoms with Gasteiger partial charge in [0, 0.05) is 11.9 Å². The van der Waals surface area contributed by atoms with Crippen molar-refractivity contribution < 1.29 is 14.6 Å². The molecule has 92 valence electrons. The number of nitrogen functional groups attached to an aromatic ring is 1. The number of anilines is 1. The highest BCUT2D eigenvalue weighted by Gasteiger charge is 2.27. The summed E-state index contributed by atoms with van der Waals surface area (Å²) in [5.41, 5.74) is 6.07. The van der Waals surface area contributed by atoms with Crippen molar-refractivity contribution in [1.29, 1.82) is 0 Å². The molecular formula is C11H14N2O3S. The van der Waals surface area contributed by atoms with E-state index in [2.05, 4.69) is 4.98 Å². The summed E-state index contributed by atoms with van der Waals surface area (Å²) < 4.78 is 5.44. The van der Waals surface area contributed by atoms with Gasteiger partial charge in [0.1, 0.15) is 5.03 Å². The fraction of sp³-hybridized carbons (Fsp3) is 0.455. The van der Waals surface area contributed by atoms with Crippen molar-refractivity contribution >= 4 is 23.4 Å². The first kappa shape index (κ1) is 12.2. The van der Waals surface area contributed by atoms with Crippen molar-refractivity contribution in [2.24, 2.45) is 0 Å². The third-order valence-corrected chi connectivity index (χ3v) is 4.14. The maximum Gasteiger partial charge on any atom is 0.338 e. The lowest BCUT2D eigenvalue weighted by Crippen LogP contribution is -2.14. The van der Waals surface area contributed by atoms with Gasteiger partial charge >= 0.3 is 5.97 Å². The van der Waals surface area contributed by atoms with Crippen LogP contribution in [0, 0.1) is 0 Å². The van der Waals surface area contributed by atoms with Crippen molar-refractivity contribution in [2.45, 2.75) is 29.7 Å². The van der Waals surface area contributed by atoms with E-state index in [-0.39, 0.29) is 16.9 Å². The van der Waals surface area contributed by atoms with E-state index >= 15 is 0 Å². The van der Waals surface area contributed by atoms with Gasteiger partial charge in [-0.15, -0.1) is 0 Å². The lowest BCUT2D eigenvalue weighted by Gasteiger charge is -2.14. The summed E-state index contributed by atoms with van der Waals surface area (Å²) in [4.78, 5) is 15.2. The Hall–Kier alpha value is -1.27. The average molecular weight is 254 g/mol. The number of thioether (sulfide) groups is 1. The van der Waals surface area contributed by atoms with Crippen molar-refractivity contribution in [1.82, 2.24) is 4.98 Å². The van der Waals surface area contributed by atoms with Crippen LogP contribution in [-0.2, 0) is 4.74 Å². The van der Waals surface area contributed by atoms with Gasteiger partial charge in [0.2, 0.25) is 0 Å². The SMILES string of the molecule is CC1OCCC1Sc1ncc(N)cc1C(=O)O. The molecule has 0 aliphatic carbocycles. The molecule has 0 saturated carbocycles. The number of ether oxygens (including phenoxy) is 1. The summed E-state index contributed by atoms with van der Waals surface area (Å²) in [6.45, 7) is 2.71. The number of hydrogen-bond donors (Lipinski definition) is 2. The van der Waals surface area contributed by atoms with Crippen LogP contribution in [0.5, 0.6) is 0 Å². The molecule has 1 fully saturated rings. The Bertz CT molecular complexity index is 439. The zero-order valence-electron chi connectivity index (χ0n) is 9.42. The van der Waals surface area contributed by atoms with E-state index in [9.17, 15) is 4.79 Å². The van der Waals surface area contributed by atoms with E-state index in [0.717, 1.165) is 13.0 Å². The number of pyridine rings is 1. The van der Waals surface area contributed by atoms with Crippen molar-refractivity contribution in [3.05, 3.63) is 17.8 Å². The maximum absolute atomic E-state index is 11.1. The van der Waals surface area contributed by atoms with Gasteiger partial charge in [-0.05, 0) is 19.4 Å². The van der Waals surface area contributed by atoms with Crippen molar-refractivity contribution in [2.75, 3.05) is 12.3 Å². The molecule has 3 N–H and O–H groups in total. The quantitative estimate of drug-likeness (QED) is 0.852. The van der Waals surface area contributed by atoms with E-state index < -0.39 is 5.97 Å². The predicted molar refractivity (Wildman–Crippen MR) is 65.3 cm³/mol. The summed E-state index contributed by atoms with van der Waals surface area (Å²) in [6, 6.07) is 1.44. The molecule has 0 amide bonds. The zero-order valence-corrected chi connectivity index (χ0v) is 10.2. The minimum absolute atomic E-state index is 0.126. The van der Waals surface area contributed by atoms with Crippen LogP contribution in [0.1, 0.15) is 23.7 Å². The van der Waals surface area contributed by atoms with Gasteiger partial charge in [-0.2, -0.15) is 0 Å². The second-order valence-corrected chi connectivity index (χ2v) is 5.18. The number of nitrogens with two attached hydrogens (primary N) is 1. The molecule has 6 heteroatoms. The van der Waals surface area contributed by atoms with Gasteiger partial charge in [0.15, 0.2) is 0 Å². The van der Waals surface area contributed by atoms with E-state index in [1.54, 1.807) is 0 Å². The molecule has 2 unspecified atom stereocenters. The van der Waals surface area contributed by atoms with Gasteiger partial charge in [0.25, 0.3) is 0 Å². The predicted octanol–water partition coefficient (Wildman–Crippen LogP) is 1.63. The summed E-state index contributed by atoms with van der Waals surface area (Å²) in [5.74, 6) is -1.00. The fourth-order valence-electron chi connectivity index (χ4n) is 1.73. The van der Waals surface area contributed by atoms with Crippen LogP contribution in [0.25, 0.3) is 0 Å². The first-order valence-corrected chi connectivity index (χ1v) is 6.23. The van der Waals surface area contributed by atoms with Crippen LogP contribution in [0.2, 0.25) is 0 Å². The Kier molecular flexibility index (Phi) is 3.54. The van der Waals surface area contributed by atoms with E-state index in [1.165, 1.54) is 24.0 Å². The highest BCUT2D eigenvalue weighted by atomic mass is 32.2. The highest BCUT2D eigenvalue weighted by Crippen LogP contribution is 2.33. The topological polar surface area (TPSA) is 85.4 Å². The molecule has 0 spiro atoms. The molecule has 17 heavy (non-hydrogen) atoms. The molecule has 0 bridgehead atoms. The molecule has 2 atom stereocenters. The number of carboxylic acid groups (broad SMARTS) is 1. The Balaban J connectivity index is 2.22. The largest absolute Gasteiger partial charge is 0.478 e. The molecule has 1 aromatic rings. The molecule has 1 aliphatic rings. The number of nitrogens with zero attached hydrogens (tertiary/aromatic N) is 1. The van der Waals surface area contributed by atoms with E-state index in [0.29, 0.717) is 10.7 Å². The molecule has 5 nitrogen and oxygen atoms in total. The molecule has 0 aromatic carbocycles. The van der Waals surface area contributed by atoms with Gasteiger partial charge in [-0.25, -0.2) is 9.78 Å². The van der Waals surface area contributed by atoms with Crippen LogP contribution in [0.3, 0.4) is 0 Å². The van der Waals surface area contributed by atoms with Crippen molar-refractivity contribution in [3.63, 3.8) is 0 Å². The van der Waals surface area contributed by atoms with Gasteiger partial charge in [0.05, 0.1) is 23.6 Å². The lowest BCUT2D eigenvalue weighted by molar-refractivity contribution is 0.0692. The summed E-state index contributed by atoms with van der Waals surface area (Å²) in [7, 11) is 0. The highest BCUT2D eigenvalue weighted by molar-refractivity contribution is 8.00. The third kappa shape index (κ3) is 2.70. The molecule has 0 radical (unpaired) electrons. The Morgan fingerprint density at radius 3 is 3.06 bits per heavy atom. The number of carbonyl (C=O) groups is 1. The zero-order chi connectivity index (χ0) is 12.4. The number of hydrogen-bond acceptors (Lipinski definition) is 5. The summed E-state index contributed by atoms with van der Waals surface area (Å²) >= 11 is 1.45. The second kappa shape index (κ2) is 4.93. The molecule has 2 rings (SSSR count). The average Bonchev–Trinajstić information content (AvgIpc) is 2.67. The standard InChI is InChI=1S/C11H14N2O3S/c1-6-9(2-3-16-6)17-10-8(11(14)15)4-7(12)5-13-10/h4-6,9H,2-3,12H2,1H3,(H,14,15). The maximum atomic E-state index is 11.1. The van der Waals surface area contributed by atoms with E-state index in [1.807, 2.05) is 6.92 Å². The summed E-state index contributed by atoms with van der Waals surface area (Å²) in [6.07, 6.45) is 2.52. The van der Waals surface area contributed by atoms with Crippen molar-refractivity contribution in [3.8, 4) is 0 Å². The minimum Gasteiger partial charge on any atom is -0.478 e. The first-order chi connectivity index (χ1) is 8.08. The monoisotopic (exact) mass is 254 g/mol. The fourth-order valence-corrected chi connectivity index (χ4v) is 2.88. The Morgan fingerprint density at radius 2 is 2.47 bits per heavy atom. The van der Waals surface area contributed by atoms with Gasteiger partial charge in [-0.1, -0.05) is 11.8 Å². The third-order valence-electron chi connectivity index (χ3n) is 2.67. The van der Waals surface area contributed by atoms with Crippen LogP contribution in [0.15, 0.2) is 17.3 Å². The molecule has 1 saturated heterocycles. The molecule has 1 aromatic heterocycles. The summed E-state index contributed by atoms with van der Waals surface area (Å²) in [5, 5.41) is 9.85. The molecule has 2 heterocycles. The second-order valence-electron chi connectivity index (χ2n) is 3.95. The van der Waals surface area contributed by atoms with Gasteiger partial charge < -0.3 is 15.6 Å². The van der Waals surface area contributed by atoms with Crippen LogP contribution in [-0.4, -0.2) is 34.0 Å². The number of aromatic carboxylic acids is 1. The number of carboxylic acids is 1.